The maximum atomic E-state index is 13.3. The largest absolute Gasteiger partial charge is 0.507 e. The molecule has 4 aromatic carbocycles. The molecule has 0 aliphatic rings. The molecule has 0 atom stereocenters. The lowest BCUT2D eigenvalue weighted by molar-refractivity contribution is 0.450. The summed E-state index contributed by atoms with van der Waals surface area (Å²) < 4.78 is 11.3. The minimum absolute atomic E-state index is 0.0295. The normalized spacial score (nSPS) is 11.7. The minimum atomic E-state index is -0.807. The van der Waals surface area contributed by atoms with Gasteiger partial charge >= 0.3 is 0 Å². The monoisotopic (exact) mass is 514 g/mol. The van der Waals surface area contributed by atoms with Crippen LogP contribution in [0.4, 0.5) is 0 Å². The number of hydrogen-bond acceptors (Lipinski definition) is 10. The molecule has 0 amide bonds. The summed E-state index contributed by atoms with van der Waals surface area (Å²) in [4.78, 5) is 26.6. The van der Waals surface area contributed by atoms with Gasteiger partial charge in [0.2, 0.25) is 0 Å². The van der Waals surface area contributed by atoms with Crippen molar-refractivity contribution in [3.63, 3.8) is 0 Å². The third kappa shape index (κ3) is 3.00. The Morgan fingerprint density at radius 1 is 0.500 bits per heavy atom. The van der Waals surface area contributed by atoms with Gasteiger partial charge in [-0.3, -0.25) is 9.59 Å². The van der Waals surface area contributed by atoms with E-state index in [-0.39, 0.29) is 77.6 Å². The number of hydrogen-bond donors (Lipinski definition) is 6. The van der Waals surface area contributed by atoms with Crippen LogP contribution in [0.3, 0.4) is 0 Å². The molecule has 6 aromatic rings. The van der Waals surface area contributed by atoms with E-state index in [0.29, 0.717) is 0 Å². The maximum absolute atomic E-state index is 13.3. The Hall–Kier alpha value is -5.38. The quantitative estimate of drug-likeness (QED) is 0.168. The van der Waals surface area contributed by atoms with Gasteiger partial charge in [-0.05, 0) is 26.0 Å². The zero-order valence-electron chi connectivity index (χ0n) is 19.8. The maximum Gasteiger partial charge on any atom is 0.190 e. The molecule has 0 aliphatic carbocycles. The van der Waals surface area contributed by atoms with Crippen molar-refractivity contribution in [1.29, 1.82) is 0 Å². The molecule has 6 rings (SSSR count). The van der Waals surface area contributed by atoms with Crippen molar-refractivity contribution in [2.75, 3.05) is 0 Å². The third-order valence-electron chi connectivity index (χ3n) is 6.59. The van der Waals surface area contributed by atoms with Crippen LogP contribution in [0.25, 0.3) is 54.6 Å². The van der Waals surface area contributed by atoms with E-state index in [2.05, 4.69) is 0 Å². The zero-order chi connectivity index (χ0) is 27.2. The molecule has 190 valence electrons. The van der Waals surface area contributed by atoms with Crippen LogP contribution in [-0.2, 0) is 0 Å². The summed E-state index contributed by atoms with van der Waals surface area (Å²) in [5, 5.41) is 63.2. The molecule has 0 bridgehead atoms. The van der Waals surface area contributed by atoms with E-state index in [1.165, 1.54) is 24.3 Å². The second-order valence-corrected chi connectivity index (χ2v) is 9.06. The van der Waals surface area contributed by atoms with Crippen LogP contribution in [0.15, 0.2) is 54.8 Å². The highest BCUT2D eigenvalue weighted by molar-refractivity contribution is 6.18. The van der Waals surface area contributed by atoms with Gasteiger partial charge in [0.25, 0.3) is 0 Å². The van der Waals surface area contributed by atoms with Gasteiger partial charge in [-0.15, -0.1) is 0 Å². The number of aryl methyl sites for hydroxylation is 2. The number of rotatable bonds is 1. The number of fused-ring (bicyclic) bond motifs is 4. The van der Waals surface area contributed by atoms with Crippen LogP contribution in [0.1, 0.15) is 11.5 Å². The highest BCUT2D eigenvalue weighted by atomic mass is 16.3. The second kappa shape index (κ2) is 7.56. The molecule has 0 radical (unpaired) electrons. The van der Waals surface area contributed by atoms with E-state index < -0.39 is 33.9 Å². The molecule has 0 fully saturated rings. The van der Waals surface area contributed by atoms with Crippen molar-refractivity contribution < 1.29 is 39.5 Å². The van der Waals surface area contributed by atoms with Crippen LogP contribution in [-0.4, -0.2) is 30.6 Å². The topological polar surface area (TPSA) is 182 Å². The zero-order valence-corrected chi connectivity index (χ0v) is 19.8. The average Bonchev–Trinajstić information content (AvgIpc) is 2.79. The molecule has 10 nitrogen and oxygen atoms in total. The molecular weight excluding hydrogens is 496 g/mol. The molecule has 6 N–H and O–H groups in total. The molecule has 0 saturated carbocycles. The average molecular weight is 514 g/mol. The molecule has 0 aliphatic heterocycles. The van der Waals surface area contributed by atoms with E-state index in [4.69, 9.17) is 8.83 Å². The minimum Gasteiger partial charge on any atom is -0.507 e. The van der Waals surface area contributed by atoms with Gasteiger partial charge in [0.1, 0.15) is 68.0 Å². The molecule has 0 unspecified atom stereocenters. The van der Waals surface area contributed by atoms with Gasteiger partial charge in [0.05, 0.1) is 10.8 Å². The molecule has 2 heterocycles. The predicted molar refractivity (Wildman–Crippen MR) is 138 cm³/mol. The Balaban J connectivity index is 1.89. The Kier molecular flexibility index (Phi) is 4.58. The van der Waals surface area contributed by atoms with Crippen LogP contribution in [0.2, 0.25) is 0 Å². The number of benzene rings is 4. The number of phenolic OH excluding ortho intramolecular Hbond substituents is 4. The van der Waals surface area contributed by atoms with Crippen molar-refractivity contribution in [2.45, 2.75) is 13.8 Å². The summed E-state index contributed by atoms with van der Waals surface area (Å²) >= 11 is 0. The summed E-state index contributed by atoms with van der Waals surface area (Å²) in [6, 6.07) is 6.76. The summed E-state index contributed by atoms with van der Waals surface area (Å²) in [6.45, 7) is 3.11. The lowest BCUT2D eigenvalue weighted by atomic mass is 9.90. The lowest BCUT2D eigenvalue weighted by Crippen LogP contribution is -2.12. The first-order valence-corrected chi connectivity index (χ1v) is 11.3. The van der Waals surface area contributed by atoms with E-state index in [1.807, 2.05) is 0 Å². The van der Waals surface area contributed by atoms with Gasteiger partial charge in [0.15, 0.2) is 10.9 Å². The molecule has 0 saturated heterocycles. The predicted octanol–water partition coefficient (Wildman–Crippen LogP) is 4.72. The van der Waals surface area contributed by atoms with Gasteiger partial charge in [-0.25, -0.2) is 0 Å². The SMILES string of the molecule is Cc1cc(O)c2c(O)c3c(O)cc(=O)c(-c4c(=O)cc(O)c5c(O)c6c(O)cc(C)oc6cc45)c3cc2o1. The van der Waals surface area contributed by atoms with E-state index in [1.54, 1.807) is 13.8 Å². The summed E-state index contributed by atoms with van der Waals surface area (Å²) in [5.74, 6) is -2.48. The number of phenols is 4. The second-order valence-electron chi connectivity index (χ2n) is 9.06. The van der Waals surface area contributed by atoms with E-state index in [0.717, 1.165) is 12.1 Å². The van der Waals surface area contributed by atoms with Crippen molar-refractivity contribution in [1.82, 2.24) is 0 Å². The fraction of sp³-hybridized carbons (Fsp3) is 0.0714. The lowest BCUT2D eigenvalue weighted by Gasteiger charge is -2.15. The Bertz CT molecular complexity index is 2000. The first-order chi connectivity index (χ1) is 18.0. The van der Waals surface area contributed by atoms with Crippen LogP contribution < -0.4 is 10.9 Å². The molecule has 38 heavy (non-hydrogen) atoms. The van der Waals surface area contributed by atoms with Crippen molar-refractivity contribution >= 4 is 43.5 Å². The first kappa shape index (κ1) is 23.0. The van der Waals surface area contributed by atoms with Gasteiger partial charge in [0, 0.05) is 46.2 Å². The fourth-order valence-electron chi connectivity index (χ4n) is 5.11. The van der Waals surface area contributed by atoms with Crippen LogP contribution in [0, 0.1) is 13.8 Å². The van der Waals surface area contributed by atoms with Crippen molar-refractivity contribution in [2.24, 2.45) is 0 Å². The Morgan fingerprint density at radius 3 is 1.21 bits per heavy atom. The third-order valence-corrected chi connectivity index (χ3v) is 6.59. The van der Waals surface area contributed by atoms with Crippen LogP contribution in [0.5, 0.6) is 34.5 Å². The molecular formula is C28H18O10. The fourth-order valence-corrected chi connectivity index (χ4v) is 5.11. The summed E-state index contributed by atoms with van der Waals surface area (Å²) in [5.41, 5.74) is -2.21. The highest BCUT2D eigenvalue weighted by Crippen LogP contribution is 2.48. The Morgan fingerprint density at radius 2 is 0.842 bits per heavy atom. The van der Waals surface area contributed by atoms with Crippen molar-refractivity contribution in [3.8, 4) is 45.6 Å². The van der Waals surface area contributed by atoms with Gasteiger partial charge in [-0.2, -0.15) is 0 Å². The summed E-state index contributed by atoms with van der Waals surface area (Å²) in [7, 11) is 0. The molecule has 2 aromatic heterocycles. The number of aromatic hydroxyl groups is 6. The van der Waals surface area contributed by atoms with Gasteiger partial charge in [-0.1, -0.05) is 0 Å². The van der Waals surface area contributed by atoms with Gasteiger partial charge < -0.3 is 39.5 Å². The van der Waals surface area contributed by atoms with Crippen molar-refractivity contribution in [3.05, 3.63) is 68.4 Å². The van der Waals surface area contributed by atoms with E-state index >= 15 is 0 Å². The first-order valence-electron chi connectivity index (χ1n) is 11.3. The van der Waals surface area contributed by atoms with Crippen LogP contribution >= 0.6 is 0 Å². The van der Waals surface area contributed by atoms with E-state index in [9.17, 15) is 40.2 Å². The Labute approximate surface area is 211 Å². The summed E-state index contributed by atoms with van der Waals surface area (Å²) in [6.07, 6.45) is 0. The highest BCUT2D eigenvalue weighted by Gasteiger charge is 2.26. The smallest absolute Gasteiger partial charge is 0.190 e. The molecule has 10 heteroatoms. The molecule has 0 spiro atoms. The standard InChI is InChI=1S/C28H18O10/c1-9-3-13(29)25-19(37-9)5-11-21(15(31)7-17(33)23(11)27(25)35)22-12-6-20-26(14(30)4-10(2)38-20)28(36)24(12)18(34)8-16(22)32/h3-8,29-30,33-36H,1-2H3.